The SMILES string of the molecule is Cc1sc(=O)n(Cc2ccc(Cl)nc2)c1C. The minimum Gasteiger partial charge on any atom is -0.299 e. The minimum atomic E-state index is 0.0740. The van der Waals surface area contributed by atoms with Gasteiger partial charge in [-0.15, -0.1) is 0 Å². The summed E-state index contributed by atoms with van der Waals surface area (Å²) in [6.07, 6.45) is 1.70. The molecule has 0 unspecified atom stereocenters. The molecule has 0 aliphatic carbocycles. The first-order chi connectivity index (χ1) is 7.58. The maximum atomic E-state index is 11.7. The molecular formula is C11H11ClN2OS. The van der Waals surface area contributed by atoms with Crippen LogP contribution >= 0.6 is 22.9 Å². The average Bonchev–Trinajstić information content (AvgIpc) is 2.48. The monoisotopic (exact) mass is 254 g/mol. The van der Waals surface area contributed by atoms with Gasteiger partial charge in [0.2, 0.25) is 0 Å². The second-order valence-corrected chi connectivity index (χ2v) is 5.14. The van der Waals surface area contributed by atoms with Crippen molar-refractivity contribution in [2.75, 3.05) is 0 Å². The van der Waals surface area contributed by atoms with E-state index < -0.39 is 0 Å². The number of aromatic nitrogens is 2. The summed E-state index contributed by atoms with van der Waals surface area (Å²) < 4.78 is 1.75. The highest BCUT2D eigenvalue weighted by molar-refractivity contribution is 7.09. The zero-order valence-corrected chi connectivity index (χ0v) is 10.6. The molecule has 3 nitrogen and oxygen atoms in total. The fraction of sp³-hybridized carbons (Fsp3) is 0.273. The van der Waals surface area contributed by atoms with Gasteiger partial charge >= 0.3 is 4.87 Å². The Hall–Kier alpha value is -1.13. The van der Waals surface area contributed by atoms with Crippen LogP contribution in [0.1, 0.15) is 16.1 Å². The van der Waals surface area contributed by atoms with Crippen LogP contribution in [0.25, 0.3) is 0 Å². The second-order valence-electron chi connectivity index (χ2n) is 3.58. The molecule has 2 rings (SSSR count). The van der Waals surface area contributed by atoms with Gasteiger partial charge in [-0.1, -0.05) is 29.0 Å². The van der Waals surface area contributed by atoms with Gasteiger partial charge in [0.1, 0.15) is 5.15 Å². The number of thiazole rings is 1. The number of nitrogens with zero attached hydrogens (tertiary/aromatic N) is 2. The highest BCUT2D eigenvalue weighted by atomic mass is 35.5. The number of rotatable bonds is 2. The van der Waals surface area contributed by atoms with Crippen molar-refractivity contribution in [3.63, 3.8) is 0 Å². The van der Waals surface area contributed by atoms with Gasteiger partial charge in [0, 0.05) is 16.8 Å². The maximum Gasteiger partial charge on any atom is 0.307 e. The topological polar surface area (TPSA) is 34.9 Å². The van der Waals surface area contributed by atoms with Crippen molar-refractivity contribution < 1.29 is 0 Å². The number of hydrogen-bond acceptors (Lipinski definition) is 3. The normalized spacial score (nSPS) is 10.7. The molecule has 0 aliphatic rings. The molecule has 0 bridgehead atoms. The molecule has 2 heterocycles. The highest BCUT2D eigenvalue weighted by Gasteiger charge is 2.07. The molecule has 16 heavy (non-hydrogen) atoms. The highest BCUT2D eigenvalue weighted by Crippen LogP contribution is 2.12. The number of hydrogen-bond donors (Lipinski definition) is 0. The van der Waals surface area contributed by atoms with Gasteiger partial charge in [0.05, 0.1) is 6.54 Å². The Morgan fingerprint density at radius 2 is 2.19 bits per heavy atom. The molecule has 0 saturated heterocycles. The Morgan fingerprint density at radius 1 is 1.44 bits per heavy atom. The summed E-state index contributed by atoms with van der Waals surface area (Å²) in [4.78, 5) is 16.8. The molecule has 2 aromatic rings. The standard InChI is InChI=1S/C11H11ClN2OS/c1-7-8(2)16-11(15)14(7)6-9-3-4-10(12)13-5-9/h3-5H,6H2,1-2H3. The van der Waals surface area contributed by atoms with Gasteiger partial charge in [-0.3, -0.25) is 9.36 Å². The van der Waals surface area contributed by atoms with Crippen molar-refractivity contribution in [1.29, 1.82) is 0 Å². The largest absolute Gasteiger partial charge is 0.307 e. The van der Waals surface area contributed by atoms with Crippen LogP contribution < -0.4 is 4.87 Å². The van der Waals surface area contributed by atoms with E-state index in [4.69, 9.17) is 11.6 Å². The van der Waals surface area contributed by atoms with Crippen molar-refractivity contribution in [2.24, 2.45) is 0 Å². The third kappa shape index (κ3) is 2.18. The third-order valence-corrected chi connectivity index (χ3v) is 3.72. The molecule has 2 aromatic heterocycles. The van der Waals surface area contributed by atoms with Crippen LogP contribution in [0.2, 0.25) is 5.15 Å². The molecule has 0 aromatic carbocycles. The summed E-state index contributed by atoms with van der Waals surface area (Å²) in [5, 5.41) is 0.467. The number of aryl methyl sites for hydroxylation is 1. The Kier molecular flexibility index (Phi) is 3.12. The van der Waals surface area contributed by atoms with Crippen molar-refractivity contribution >= 4 is 22.9 Å². The van der Waals surface area contributed by atoms with E-state index in [1.165, 1.54) is 11.3 Å². The smallest absolute Gasteiger partial charge is 0.299 e. The van der Waals surface area contributed by atoms with Crippen molar-refractivity contribution in [1.82, 2.24) is 9.55 Å². The molecule has 0 amide bonds. The number of halogens is 1. The predicted octanol–water partition coefficient (Wildman–Crippen LogP) is 2.62. The lowest BCUT2D eigenvalue weighted by Gasteiger charge is -2.04. The molecule has 0 saturated carbocycles. The first-order valence-corrected chi connectivity index (χ1v) is 6.04. The number of pyridine rings is 1. The maximum absolute atomic E-state index is 11.7. The fourth-order valence-corrected chi connectivity index (χ4v) is 2.40. The summed E-state index contributed by atoms with van der Waals surface area (Å²) in [5.41, 5.74) is 2.00. The van der Waals surface area contributed by atoms with Crippen molar-refractivity contribution in [3.05, 3.63) is 49.3 Å². The van der Waals surface area contributed by atoms with E-state index >= 15 is 0 Å². The molecule has 0 spiro atoms. The van der Waals surface area contributed by atoms with Crippen LogP contribution in [-0.2, 0) is 6.54 Å². The fourth-order valence-electron chi connectivity index (χ4n) is 1.45. The molecule has 0 fully saturated rings. The van der Waals surface area contributed by atoms with Crippen LogP contribution in [0.4, 0.5) is 0 Å². The van der Waals surface area contributed by atoms with Crippen LogP contribution in [0.15, 0.2) is 23.1 Å². The van der Waals surface area contributed by atoms with E-state index in [0.29, 0.717) is 11.7 Å². The summed E-state index contributed by atoms with van der Waals surface area (Å²) >= 11 is 6.98. The minimum absolute atomic E-state index is 0.0740. The summed E-state index contributed by atoms with van der Waals surface area (Å²) in [6.45, 7) is 4.47. The van der Waals surface area contributed by atoms with E-state index in [-0.39, 0.29) is 4.87 Å². The molecule has 0 radical (unpaired) electrons. The van der Waals surface area contributed by atoms with Crippen LogP contribution in [-0.4, -0.2) is 9.55 Å². The molecule has 0 N–H and O–H groups in total. The van der Waals surface area contributed by atoms with Crippen LogP contribution in [0, 0.1) is 13.8 Å². The van der Waals surface area contributed by atoms with Gasteiger partial charge < -0.3 is 0 Å². The first kappa shape index (κ1) is 11.4. The molecule has 0 atom stereocenters. The Labute approximate surface area is 102 Å². The Morgan fingerprint density at radius 3 is 2.69 bits per heavy atom. The molecule has 0 aliphatic heterocycles. The second kappa shape index (κ2) is 4.39. The predicted molar refractivity (Wildman–Crippen MR) is 66.4 cm³/mol. The van der Waals surface area contributed by atoms with Gasteiger partial charge in [0.15, 0.2) is 0 Å². The lowest BCUT2D eigenvalue weighted by atomic mass is 10.3. The Bertz CT molecular complexity index is 556. The Balaban J connectivity index is 2.34. The summed E-state index contributed by atoms with van der Waals surface area (Å²) in [7, 11) is 0. The lowest BCUT2D eigenvalue weighted by Crippen LogP contribution is -2.15. The van der Waals surface area contributed by atoms with Gasteiger partial charge in [0.25, 0.3) is 0 Å². The van der Waals surface area contributed by atoms with Gasteiger partial charge in [-0.2, -0.15) is 0 Å². The summed E-state index contributed by atoms with van der Waals surface area (Å²) in [5.74, 6) is 0. The van der Waals surface area contributed by atoms with E-state index in [2.05, 4.69) is 4.98 Å². The zero-order chi connectivity index (χ0) is 11.7. The molecule has 5 heteroatoms. The van der Waals surface area contributed by atoms with E-state index in [1.54, 1.807) is 16.8 Å². The lowest BCUT2D eigenvalue weighted by molar-refractivity contribution is 0.748. The quantitative estimate of drug-likeness (QED) is 0.773. The van der Waals surface area contributed by atoms with Gasteiger partial charge in [-0.25, -0.2) is 4.98 Å². The van der Waals surface area contributed by atoms with E-state index in [1.807, 2.05) is 19.9 Å². The van der Waals surface area contributed by atoms with E-state index in [0.717, 1.165) is 16.1 Å². The average molecular weight is 255 g/mol. The zero-order valence-electron chi connectivity index (χ0n) is 9.03. The van der Waals surface area contributed by atoms with Crippen LogP contribution in [0.5, 0.6) is 0 Å². The van der Waals surface area contributed by atoms with Crippen LogP contribution in [0.3, 0.4) is 0 Å². The molecule has 84 valence electrons. The third-order valence-electron chi connectivity index (χ3n) is 2.50. The molecular weight excluding hydrogens is 244 g/mol. The van der Waals surface area contributed by atoms with Gasteiger partial charge in [-0.05, 0) is 25.5 Å². The van der Waals surface area contributed by atoms with E-state index in [9.17, 15) is 4.79 Å². The van der Waals surface area contributed by atoms with Crippen molar-refractivity contribution in [2.45, 2.75) is 20.4 Å². The van der Waals surface area contributed by atoms with Crippen molar-refractivity contribution in [3.8, 4) is 0 Å². The first-order valence-electron chi connectivity index (χ1n) is 4.85. The summed E-state index contributed by atoms with van der Waals surface area (Å²) in [6, 6.07) is 3.62.